The highest BCUT2D eigenvalue weighted by atomic mass is 16.2. The first-order valence-electron chi connectivity index (χ1n) is 7.61. The standard InChI is InChI=1S/C15H22N6O/c1-9(2)21-8-12(10(3)19-21)15(22)20-5-4-11(7-20)14-13(16)6-17-18-14/h6,8-9,11H,4-5,7,16H2,1-3H3,(H,17,18). The first kappa shape index (κ1) is 14.6. The molecule has 1 aliphatic rings. The fourth-order valence-corrected chi connectivity index (χ4v) is 2.94. The largest absolute Gasteiger partial charge is 0.396 e. The van der Waals surface area contributed by atoms with Crippen LogP contribution in [0.25, 0.3) is 0 Å². The highest BCUT2D eigenvalue weighted by Crippen LogP contribution is 2.30. The van der Waals surface area contributed by atoms with Crippen LogP contribution in [0.3, 0.4) is 0 Å². The van der Waals surface area contributed by atoms with Gasteiger partial charge in [-0.15, -0.1) is 0 Å². The smallest absolute Gasteiger partial charge is 0.257 e. The number of nitrogen functional groups attached to an aromatic ring is 1. The van der Waals surface area contributed by atoms with Crippen LogP contribution in [-0.4, -0.2) is 43.9 Å². The zero-order chi connectivity index (χ0) is 15.9. The molecule has 1 amide bonds. The summed E-state index contributed by atoms with van der Waals surface area (Å²) in [5.74, 6) is 0.275. The summed E-state index contributed by atoms with van der Waals surface area (Å²) in [6, 6.07) is 0.247. The van der Waals surface area contributed by atoms with Crippen LogP contribution >= 0.6 is 0 Å². The molecule has 2 aromatic rings. The third-order valence-electron chi connectivity index (χ3n) is 4.26. The fraction of sp³-hybridized carbons (Fsp3) is 0.533. The maximum Gasteiger partial charge on any atom is 0.257 e. The van der Waals surface area contributed by atoms with E-state index in [9.17, 15) is 4.79 Å². The lowest BCUT2D eigenvalue weighted by Crippen LogP contribution is -2.28. The van der Waals surface area contributed by atoms with Gasteiger partial charge in [0.05, 0.1) is 28.8 Å². The number of aromatic nitrogens is 4. The number of nitrogens with zero attached hydrogens (tertiary/aromatic N) is 4. The molecule has 1 aliphatic heterocycles. The number of carbonyl (C=O) groups excluding carboxylic acids is 1. The van der Waals surface area contributed by atoms with Gasteiger partial charge >= 0.3 is 0 Å². The molecule has 0 spiro atoms. The molecule has 1 atom stereocenters. The number of amides is 1. The number of hydrogen-bond donors (Lipinski definition) is 2. The monoisotopic (exact) mass is 302 g/mol. The fourth-order valence-electron chi connectivity index (χ4n) is 2.94. The molecule has 7 heteroatoms. The van der Waals surface area contributed by atoms with E-state index in [1.807, 2.05) is 36.5 Å². The van der Waals surface area contributed by atoms with Gasteiger partial charge in [-0.1, -0.05) is 0 Å². The van der Waals surface area contributed by atoms with Crippen molar-refractivity contribution in [3.63, 3.8) is 0 Å². The van der Waals surface area contributed by atoms with E-state index in [1.165, 1.54) is 0 Å². The van der Waals surface area contributed by atoms with Crippen LogP contribution < -0.4 is 5.73 Å². The Balaban J connectivity index is 1.76. The number of likely N-dealkylation sites (tertiary alicyclic amines) is 1. The molecule has 3 rings (SSSR count). The molecular formula is C15H22N6O. The summed E-state index contributed by atoms with van der Waals surface area (Å²) in [7, 11) is 0. The molecular weight excluding hydrogens is 280 g/mol. The van der Waals surface area contributed by atoms with Crippen LogP contribution in [0.1, 0.15) is 54.0 Å². The number of hydrogen-bond acceptors (Lipinski definition) is 4. The number of aryl methyl sites for hydroxylation is 1. The van der Waals surface area contributed by atoms with Crippen LogP contribution in [0.4, 0.5) is 5.69 Å². The minimum atomic E-state index is 0.0463. The van der Waals surface area contributed by atoms with E-state index >= 15 is 0 Å². The van der Waals surface area contributed by atoms with Crippen molar-refractivity contribution in [2.45, 2.75) is 39.2 Å². The van der Waals surface area contributed by atoms with Gasteiger partial charge < -0.3 is 10.6 Å². The lowest BCUT2D eigenvalue weighted by Gasteiger charge is -2.16. The number of aromatic amines is 1. The van der Waals surface area contributed by atoms with E-state index in [-0.39, 0.29) is 17.9 Å². The highest BCUT2D eigenvalue weighted by molar-refractivity contribution is 5.95. The van der Waals surface area contributed by atoms with Crippen molar-refractivity contribution in [3.8, 4) is 0 Å². The summed E-state index contributed by atoms with van der Waals surface area (Å²) in [4.78, 5) is 14.6. The Morgan fingerprint density at radius 1 is 1.50 bits per heavy atom. The molecule has 1 fully saturated rings. The Morgan fingerprint density at radius 3 is 2.86 bits per heavy atom. The number of nitrogens with one attached hydrogen (secondary N) is 1. The predicted octanol–water partition coefficient (Wildman–Crippen LogP) is 1.71. The summed E-state index contributed by atoms with van der Waals surface area (Å²) in [6.45, 7) is 7.37. The number of H-pyrrole nitrogens is 1. The van der Waals surface area contributed by atoms with Crippen LogP contribution in [-0.2, 0) is 0 Å². The zero-order valence-electron chi connectivity index (χ0n) is 13.2. The van der Waals surface area contributed by atoms with Gasteiger partial charge in [-0.3, -0.25) is 14.6 Å². The van der Waals surface area contributed by atoms with Gasteiger partial charge in [-0.25, -0.2) is 0 Å². The number of anilines is 1. The van der Waals surface area contributed by atoms with E-state index in [2.05, 4.69) is 15.3 Å². The van der Waals surface area contributed by atoms with E-state index in [4.69, 9.17) is 5.73 Å². The van der Waals surface area contributed by atoms with Gasteiger partial charge in [0, 0.05) is 31.2 Å². The number of carbonyl (C=O) groups is 1. The molecule has 0 aromatic carbocycles. The van der Waals surface area contributed by atoms with Crippen molar-refractivity contribution in [1.82, 2.24) is 24.9 Å². The Morgan fingerprint density at radius 2 is 2.27 bits per heavy atom. The van der Waals surface area contributed by atoms with Crippen LogP contribution in [0.5, 0.6) is 0 Å². The third-order valence-corrected chi connectivity index (χ3v) is 4.26. The molecule has 3 N–H and O–H groups in total. The van der Waals surface area contributed by atoms with Gasteiger partial charge in [0.1, 0.15) is 0 Å². The minimum Gasteiger partial charge on any atom is -0.396 e. The molecule has 1 saturated heterocycles. The summed E-state index contributed by atoms with van der Waals surface area (Å²) < 4.78 is 1.84. The Labute approximate surface area is 129 Å². The van der Waals surface area contributed by atoms with Crippen molar-refractivity contribution in [1.29, 1.82) is 0 Å². The lowest BCUT2D eigenvalue weighted by atomic mass is 10.0. The van der Waals surface area contributed by atoms with Crippen LogP contribution in [0.2, 0.25) is 0 Å². The molecule has 7 nitrogen and oxygen atoms in total. The van der Waals surface area contributed by atoms with Gasteiger partial charge in [-0.05, 0) is 27.2 Å². The van der Waals surface area contributed by atoms with Crippen molar-refractivity contribution in [2.24, 2.45) is 0 Å². The third kappa shape index (κ3) is 2.47. The first-order valence-corrected chi connectivity index (χ1v) is 7.61. The first-order chi connectivity index (χ1) is 10.5. The summed E-state index contributed by atoms with van der Waals surface area (Å²) in [5.41, 5.74) is 8.98. The second-order valence-corrected chi connectivity index (χ2v) is 6.18. The summed E-state index contributed by atoms with van der Waals surface area (Å²) >= 11 is 0. The summed E-state index contributed by atoms with van der Waals surface area (Å²) in [6.07, 6.45) is 4.37. The predicted molar refractivity (Wildman–Crippen MR) is 83.6 cm³/mol. The molecule has 0 radical (unpaired) electrons. The molecule has 3 heterocycles. The summed E-state index contributed by atoms with van der Waals surface area (Å²) in [5, 5.41) is 11.3. The number of rotatable bonds is 3. The van der Waals surface area contributed by atoms with Gasteiger partial charge in [0.15, 0.2) is 0 Å². The molecule has 0 saturated carbocycles. The average Bonchev–Trinajstić information content (AvgIpc) is 3.16. The molecule has 2 aromatic heterocycles. The molecule has 1 unspecified atom stereocenters. The highest BCUT2D eigenvalue weighted by Gasteiger charge is 2.31. The van der Waals surface area contributed by atoms with Crippen molar-refractivity contribution in [3.05, 3.63) is 29.3 Å². The SMILES string of the molecule is Cc1nn(C(C)C)cc1C(=O)N1CCC(c2[nH]ncc2N)C1. The van der Waals surface area contributed by atoms with Crippen LogP contribution in [0.15, 0.2) is 12.4 Å². The van der Waals surface area contributed by atoms with E-state index in [1.54, 1.807) is 6.20 Å². The van der Waals surface area contributed by atoms with E-state index in [0.29, 0.717) is 17.8 Å². The van der Waals surface area contributed by atoms with Gasteiger partial charge in [0.2, 0.25) is 0 Å². The second kappa shape index (κ2) is 5.47. The normalized spacial score (nSPS) is 18.4. The lowest BCUT2D eigenvalue weighted by molar-refractivity contribution is 0.0790. The maximum absolute atomic E-state index is 12.7. The maximum atomic E-state index is 12.7. The van der Waals surface area contributed by atoms with Crippen molar-refractivity contribution < 1.29 is 4.79 Å². The van der Waals surface area contributed by atoms with Crippen molar-refractivity contribution >= 4 is 11.6 Å². The second-order valence-electron chi connectivity index (χ2n) is 6.18. The zero-order valence-corrected chi connectivity index (χ0v) is 13.2. The van der Waals surface area contributed by atoms with Gasteiger partial charge in [-0.2, -0.15) is 10.2 Å². The molecule has 0 bridgehead atoms. The molecule has 22 heavy (non-hydrogen) atoms. The minimum absolute atomic E-state index is 0.0463. The van der Waals surface area contributed by atoms with Crippen molar-refractivity contribution in [2.75, 3.05) is 18.8 Å². The quantitative estimate of drug-likeness (QED) is 0.902. The van der Waals surface area contributed by atoms with E-state index < -0.39 is 0 Å². The Hall–Kier alpha value is -2.31. The molecule has 118 valence electrons. The molecule has 0 aliphatic carbocycles. The van der Waals surface area contributed by atoms with Gasteiger partial charge in [0.25, 0.3) is 5.91 Å². The van der Waals surface area contributed by atoms with E-state index in [0.717, 1.165) is 24.4 Å². The topological polar surface area (TPSA) is 92.8 Å². The Kier molecular flexibility index (Phi) is 3.64. The average molecular weight is 302 g/mol. The van der Waals surface area contributed by atoms with Crippen LogP contribution in [0, 0.1) is 6.92 Å². The Bertz CT molecular complexity index is 686. The number of nitrogens with two attached hydrogens (primary N) is 1.